The molecule has 1 N–H and O–H groups in total. The number of hydrogen-bond acceptors (Lipinski definition) is 2. The number of hydrogen-bond donors (Lipinski definition) is 1. The van der Waals surface area contributed by atoms with Gasteiger partial charge in [-0.05, 0) is 41.0 Å². The smallest absolute Gasteiger partial charge is 0.237 e. The van der Waals surface area contributed by atoms with Gasteiger partial charge in [-0.1, -0.05) is 13.3 Å². The van der Waals surface area contributed by atoms with Gasteiger partial charge >= 0.3 is 0 Å². The first-order valence-electron chi connectivity index (χ1n) is 5.84. The Hall–Kier alpha value is -0.610. The summed E-state index contributed by atoms with van der Waals surface area (Å²) in [5.74, 6) is -0.205. The van der Waals surface area contributed by atoms with Crippen LogP contribution in [0.3, 0.4) is 0 Å². The Labute approximate surface area is 99.0 Å². The standard InChI is InChI=1S/C12H25N2O2/c1-7-8-12(5,6)13-10(15)9-14(16)11(2,3)4/h7-9H2,1-6H3,(H,13,15). The van der Waals surface area contributed by atoms with Gasteiger partial charge < -0.3 is 5.32 Å². The molecule has 0 atom stereocenters. The minimum Gasteiger partial charge on any atom is -0.350 e. The van der Waals surface area contributed by atoms with E-state index in [9.17, 15) is 10.0 Å². The van der Waals surface area contributed by atoms with Crippen LogP contribution in [0, 0.1) is 0 Å². The van der Waals surface area contributed by atoms with Gasteiger partial charge in [-0.3, -0.25) is 4.79 Å². The van der Waals surface area contributed by atoms with Crippen molar-refractivity contribution in [3.05, 3.63) is 0 Å². The summed E-state index contributed by atoms with van der Waals surface area (Å²) in [6.07, 6.45) is 1.92. The summed E-state index contributed by atoms with van der Waals surface area (Å²) in [7, 11) is 0. The third kappa shape index (κ3) is 6.08. The molecule has 0 bridgehead atoms. The van der Waals surface area contributed by atoms with Gasteiger partial charge in [0.25, 0.3) is 0 Å². The summed E-state index contributed by atoms with van der Waals surface area (Å²) in [5, 5.41) is 15.3. The van der Waals surface area contributed by atoms with Crippen molar-refractivity contribution in [1.82, 2.24) is 10.4 Å². The minimum atomic E-state index is -0.522. The number of nitrogens with zero attached hydrogens (tertiary/aromatic N) is 1. The molecule has 0 saturated carbocycles. The van der Waals surface area contributed by atoms with Crippen LogP contribution in [0.5, 0.6) is 0 Å². The molecule has 95 valence electrons. The lowest BCUT2D eigenvalue weighted by Crippen LogP contribution is -2.50. The van der Waals surface area contributed by atoms with Crippen molar-refractivity contribution in [3.63, 3.8) is 0 Å². The SMILES string of the molecule is CCCC(C)(C)NC(=O)CN([O])C(C)(C)C. The molecular formula is C12H25N2O2. The Morgan fingerprint density at radius 3 is 2.06 bits per heavy atom. The molecule has 0 aliphatic heterocycles. The van der Waals surface area contributed by atoms with Gasteiger partial charge in [0.1, 0.15) is 6.54 Å². The van der Waals surface area contributed by atoms with Gasteiger partial charge in [0, 0.05) is 11.1 Å². The van der Waals surface area contributed by atoms with Crippen LogP contribution in [0.4, 0.5) is 0 Å². The maximum Gasteiger partial charge on any atom is 0.237 e. The number of carbonyl (C=O) groups is 1. The molecule has 4 heteroatoms. The number of carbonyl (C=O) groups excluding carboxylic acids is 1. The van der Waals surface area contributed by atoms with Crippen molar-refractivity contribution < 1.29 is 10.0 Å². The zero-order valence-corrected chi connectivity index (χ0v) is 11.4. The van der Waals surface area contributed by atoms with E-state index >= 15 is 0 Å². The first kappa shape index (κ1) is 15.4. The predicted octanol–water partition coefficient (Wildman–Crippen LogP) is 2.13. The van der Waals surface area contributed by atoms with E-state index in [4.69, 9.17) is 0 Å². The highest BCUT2D eigenvalue weighted by Gasteiger charge is 2.26. The third-order valence-corrected chi connectivity index (χ3v) is 2.39. The zero-order valence-electron chi connectivity index (χ0n) is 11.4. The number of rotatable bonds is 5. The van der Waals surface area contributed by atoms with Crippen molar-refractivity contribution in [3.8, 4) is 0 Å². The van der Waals surface area contributed by atoms with Gasteiger partial charge in [-0.25, -0.2) is 0 Å². The van der Waals surface area contributed by atoms with Crippen LogP contribution >= 0.6 is 0 Å². The summed E-state index contributed by atoms with van der Waals surface area (Å²) in [5.41, 5.74) is -0.753. The van der Waals surface area contributed by atoms with Crippen LogP contribution < -0.4 is 5.32 Å². The monoisotopic (exact) mass is 229 g/mol. The molecule has 0 rings (SSSR count). The molecule has 0 aliphatic carbocycles. The first-order valence-corrected chi connectivity index (χ1v) is 5.84. The maximum atomic E-state index is 11.6. The van der Waals surface area contributed by atoms with Crippen molar-refractivity contribution in [2.24, 2.45) is 0 Å². The average Bonchev–Trinajstić information content (AvgIpc) is 1.99. The number of hydroxylamine groups is 2. The van der Waals surface area contributed by atoms with Crippen LogP contribution in [0.15, 0.2) is 0 Å². The predicted molar refractivity (Wildman–Crippen MR) is 64.3 cm³/mol. The van der Waals surface area contributed by atoms with Gasteiger partial charge in [0.15, 0.2) is 0 Å². The Morgan fingerprint density at radius 2 is 1.69 bits per heavy atom. The van der Waals surface area contributed by atoms with Crippen molar-refractivity contribution >= 4 is 5.91 Å². The fourth-order valence-corrected chi connectivity index (χ4v) is 1.47. The second kappa shape index (κ2) is 5.64. The molecule has 0 aromatic heterocycles. The first-order chi connectivity index (χ1) is 7.08. The molecule has 0 spiro atoms. The molecule has 4 nitrogen and oxygen atoms in total. The molecule has 0 fully saturated rings. The Morgan fingerprint density at radius 1 is 1.19 bits per heavy atom. The fraction of sp³-hybridized carbons (Fsp3) is 0.917. The van der Waals surface area contributed by atoms with E-state index < -0.39 is 5.54 Å². The Bertz CT molecular complexity index is 232. The Kier molecular flexibility index (Phi) is 5.42. The number of nitrogens with one attached hydrogen (secondary N) is 1. The van der Waals surface area contributed by atoms with E-state index in [1.807, 2.05) is 13.8 Å². The highest BCUT2D eigenvalue weighted by molar-refractivity contribution is 5.78. The van der Waals surface area contributed by atoms with Gasteiger partial charge in [0.2, 0.25) is 5.91 Å². The van der Waals surface area contributed by atoms with Crippen LogP contribution in [0.2, 0.25) is 0 Å². The van der Waals surface area contributed by atoms with E-state index in [0.717, 1.165) is 17.9 Å². The maximum absolute atomic E-state index is 11.6. The normalized spacial score (nSPS) is 13.0. The lowest BCUT2D eigenvalue weighted by Gasteiger charge is -2.30. The zero-order chi connectivity index (χ0) is 13.0. The average molecular weight is 229 g/mol. The highest BCUT2D eigenvalue weighted by Crippen LogP contribution is 2.12. The van der Waals surface area contributed by atoms with E-state index in [1.165, 1.54) is 0 Å². The van der Waals surface area contributed by atoms with Crippen LogP contribution in [0.1, 0.15) is 54.4 Å². The number of amides is 1. The summed E-state index contributed by atoms with van der Waals surface area (Å²) in [6.45, 7) is 11.3. The van der Waals surface area contributed by atoms with Crippen molar-refractivity contribution in [1.29, 1.82) is 0 Å². The van der Waals surface area contributed by atoms with Gasteiger partial charge in [-0.15, -0.1) is 10.3 Å². The highest BCUT2D eigenvalue weighted by atomic mass is 16.5. The molecule has 0 saturated heterocycles. The fourth-order valence-electron chi connectivity index (χ4n) is 1.47. The summed E-state index contributed by atoms with van der Waals surface area (Å²) < 4.78 is 0. The molecule has 0 unspecified atom stereocenters. The quantitative estimate of drug-likeness (QED) is 0.734. The molecule has 0 heterocycles. The third-order valence-electron chi connectivity index (χ3n) is 2.39. The van der Waals surface area contributed by atoms with E-state index in [2.05, 4.69) is 12.2 Å². The van der Waals surface area contributed by atoms with Crippen LogP contribution in [-0.2, 0) is 10.0 Å². The lowest BCUT2D eigenvalue weighted by molar-refractivity contribution is -0.211. The Balaban J connectivity index is 4.19. The van der Waals surface area contributed by atoms with E-state index in [-0.39, 0.29) is 18.0 Å². The van der Waals surface area contributed by atoms with E-state index in [1.54, 1.807) is 20.8 Å². The lowest BCUT2D eigenvalue weighted by atomic mass is 9.99. The molecule has 0 aromatic carbocycles. The second-order valence-corrected chi connectivity index (χ2v) is 5.89. The van der Waals surface area contributed by atoms with Gasteiger partial charge in [0.05, 0.1) is 0 Å². The minimum absolute atomic E-state index is 0.101. The van der Waals surface area contributed by atoms with Gasteiger partial charge in [-0.2, -0.15) is 0 Å². The topological polar surface area (TPSA) is 52.2 Å². The molecule has 1 amide bonds. The van der Waals surface area contributed by atoms with Crippen LogP contribution in [0.25, 0.3) is 0 Å². The molecule has 1 radical (unpaired) electrons. The van der Waals surface area contributed by atoms with Crippen LogP contribution in [-0.4, -0.2) is 28.6 Å². The molecule has 0 aromatic rings. The van der Waals surface area contributed by atoms with Crippen molar-refractivity contribution in [2.45, 2.75) is 65.5 Å². The summed E-state index contributed by atoms with van der Waals surface area (Å²) in [6, 6.07) is 0. The van der Waals surface area contributed by atoms with Crippen molar-refractivity contribution in [2.75, 3.05) is 6.54 Å². The molecule has 0 aliphatic rings. The molecular weight excluding hydrogens is 204 g/mol. The van der Waals surface area contributed by atoms with E-state index in [0.29, 0.717) is 0 Å². The largest absolute Gasteiger partial charge is 0.350 e. The summed E-state index contributed by atoms with van der Waals surface area (Å²) >= 11 is 0. The molecule has 16 heavy (non-hydrogen) atoms. The summed E-state index contributed by atoms with van der Waals surface area (Å²) in [4.78, 5) is 11.6. The second-order valence-electron chi connectivity index (χ2n) is 5.89.